The van der Waals surface area contributed by atoms with Gasteiger partial charge in [-0.25, -0.2) is 0 Å². The van der Waals surface area contributed by atoms with Gasteiger partial charge in [-0.05, 0) is 37.1 Å². The summed E-state index contributed by atoms with van der Waals surface area (Å²) in [6, 6.07) is 17.0. The molecular weight excluding hydrogens is 312 g/mol. The Bertz CT molecular complexity index is 628. The zero-order chi connectivity index (χ0) is 14.9. The molecule has 0 amide bonds. The Morgan fingerprint density at radius 2 is 1.50 bits per heavy atom. The van der Waals surface area contributed by atoms with Crippen LogP contribution >= 0.6 is 11.8 Å². The van der Waals surface area contributed by atoms with E-state index in [0.29, 0.717) is 0 Å². The first kappa shape index (κ1) is 14.6. The predicted octanol–water partition coefficient (Wildman–Crippen LogP) is 4.42. The third-order valence-electron chi connectivity index (χ3n) is 4.21. The van der Waals surface area contributed by atoms with Gasteiger partial charge in [0.15, 0.2) is 0 Å². The second kappa shape index (κ2) is 6.28. The van der Waals surface area contributed by atoms with Crippen LogP contribution in [-0.4, -0.2) is 17.3 Å². The molecule has 1 saturated carbocycles. The van der Waals surface area contributed by atoms with Gasteiger partial charge in [-0.1, -0.05) is 48.9 Å². The maximum absolute atomic E-state index is 10.3. The highest BCUT2D eigenvalue weighted by Gasteiger charge is 2.42. The lowest BCUT2D eigenvalue weighted by Gasteiger charge is -2.27. The first-order valence-corrected chi connectivity index (χ1v) is 9.75. The summed E-state index contributed by atoms with van der Waals surface area (Å²) in [6.07, 6.45) is 3.72. The van der Waals surface area contributed by atoms with Gasteiger partial charge in [0.25, 0.3) is 0 Å². The Morgan fingerprint density at radius 3 is 2.14 bits per heavy atom. The zero-order valence-corrected chi connectivity index (χ0v) is 13.9. The van der Waals surface area contributed by atoms with Gasteiger partial charge in [-0.15, -0.1) is 0 Å². The van der Waals surface area contributed by atoms with Crippen molar-refractivity contribution in [1.82, 2.24) is 0 Å². The molecule has 1 N–H and O–H groups in total. The average molecular weight is 331 g/mol. The van der Waals surface area contributed by atoms with E-state index in [1.165, 1.54) is 19.6 Å². The third-order valence-corrected chi connectivity index (χ3v) is 7.57. The van der Waals surface area contributed by atoms with E-state index in [1.807, 2.05) is 11.8 Å². The van der Waals surface area contributed by atoms with E-state index in [-0.39, 0.29) is 12.2 Å². The Hall–Kier alpha value is -0.940. The molecule has 0 bridgehead atoms. The molecule has 1 aliphatic carbocycles. The van der Waals surface area contributed by atoms with Crippen LogP contribution in [0.1, 0.15) is 25.7 Å². The molecule has 0 saturated heterocycles. The van der Waals surface area contributed by atoms with Crippen molar-refractivity contribution in [3.05, 3.63) is 48.5 Å². The van der Waals surface area contributed by atoms with Crippen LogP contribution in [0.25, 0.3) is 0 Å². The normalized spacial score (nSPS) is 24.6. The lowest BCUT2D eigenvalue weighted by atomic mass is 9.95. The minimum absolute atomic E-state index is 0.0405. The van der Waals surface area contributed by atoms with Gasteiger partial charge in [0.05, 0.1) is 15.9 Å². The van der Waals surface area contributed by atoms with Crippen LogP contribution < -0.4 is 0 Å². The molecule has 1 fully saturated rings. The molecular formula is C18H19O2S2+. The van der Waals surface area contributed by atoms with E-state index in [2.05, 4.69) is 48.5 Å². The average Bonchev–Trinajstić information content (AvgIpc) is 2.56. The van der Waals surface area contributed by atoms with E-state index in [4.69, 9.17) is 4.18 Å². The summed E-state index contributed by atoms with van der Waals surface area (Å²) in [5, 5.41) is 10.3. The number of fused-ring (bicyclic) bond motifs is 2. The van der Waals surface area contributed by atoms with Crippen molar-refractivity contribution in [2.45, 2.75) is 57.5 Å². The Morgan fingerprint density at radius 1 is 0.909 bits per heavy atom. The van der Waals surface area contributed by atoms with Crippen molar-refractivity contribution >= 4 is 22.9 Å². The molecule has 2 aromatic carbocycles. The molecule has 114 valence electrons. The fourth-order valence-corrected chi connectivity index (χ4v) is 6.42. The molecule has 1 heterocycles. The molecule has 2 aromatic rings. The first-order valence-electron chi connectivity index (χ1n) is 7.78. The highest BCUT2D eigenvalue weighted by atomic mass is 32.2. The summed E-state index contributed by atoms with van der Waals surface area (Å²) in [5.41, 5.74) is 0. The van der Waals surface area contributed by atoms with Crippen molar-refractivity contribution in [2.24, 2.45) is 0 Å². The minimum atomic E-state index is -0.394. The fraction of sp³-hybridized carbons (Fsp3) is 0.333. The van der Waals surface area contributed by atoms with Crippen molar-refractivity contribution in [3.8, 4) is 0 Å². The maximum atomic E-state index is 10.3. The lowest BCUT2D eigenvalue weighted by molar-refractivity contribution is 0.0150. The van der Waals surface area contributed by atoms with Crippen molar-refractivity contribution in [2.75, 3.05) is 0 Å². The molecule has 0 spiro atoms. The number of hydrogen-bond donors (Lipinski definition) is 1. The Balaban J connectivity index is 1.71. The van der Waals surface area contributed by atoms with E-state index in [0.717, 1.165) is 25.7 Å². The smallest absolute Gasteiger partial charge is 0.225 e. The topological polar surface area (TPSA) is 29.5 Å². The van der Waals surface area contributed by atoms with Gasteiger partial charge in [-0.3, -0.25) is 0 Å². The van der Waals surface area contributed by atoms with Gasteiger partial charge in [-0.2, -0.15) is 4.18 Å². The highest BCUT2D eigenvalue weighted by molar-refractivity contribution is 8.02. The van der Waals surface area contributed by atoms with Gasteiger partial charge in [0.1, 0.15) is 6.10 Å². The molecule has 2 aliphatic rings. The molecule has 22 heavy (non-hydrogen) atoms. The fourth-order valence-electron chi connectivity index (χ4n) is 3.03. The largest absolute Gasteiger partial charge is 0.390 e. The Labute approximate surface area is 138 Å². The molecule has 1 aliphatic heterocycles. The maximum Gasteiger partial charge on any atom is 0.225 e. The minimum Gasteiger partial charge on any atom is -0.390 e. The van der Waals surface area contributed by atoms with E-state index in [9.17, 15) is 5.11 Å². The van der Waals surface area contributed by atoms with Crippen molar-refractivity contribution < 1.29 is 9.29 Å². The molecule has 2 nitrogen and oxygen atoms in total. The standard InChI is InChI=1S/C18H19O2S2/c19-13-7-1-2-8-14(13)20-22-17-11-5-3-9-15(17)21-16-10-4-6-12-18(16)22/h3-6,9-14,19H,1-2,7-8H2/q+1/t13-,14-/m1/s1. The zero-order valence-electron chi connectivity index (χ0n) is 12.3. The number of rotatable bonds is 2. The second-order valence-electron chi connectivity index (χ2n) is 5.75. The van der Waals surface area contributed by atoms with Gasteiger partial charge in [0, 0.05) is 0 Å². The highest BCUT2D eigenvalue weighted by Crippen LogP contribution is 2.46. The first-order chi connectivity index (χ1) is 10.8. The van der Waals surface area contributed by atoms with E-state index in [1.54, 1.807) is 0 Å². The number of hydrogen-bond acceptors (Lipinski definition) is 3. The molecule has 0 aromatic heterocycles. The quantitative estimate of drug-likeness (QED) is 0.826. The van der Waals surface area contributed by atoms with Crippen molar-refractivity contribution in [1.29, 1.82) is 0 Å². The Kier molecular flexibility index (Phi) is 4.18. The summed E-state index contributed by atoms with van der Waals surface area (Å²) >= 11 is 1.42. The molecule has 2 atom stereocenters. The van der Waals surface area contributed by atoms with Crippen LogP contribution in [0.4, 0.5) is 0 Å². The second-order valence-corrected chi connectivity index (χ2v) is 8.44. The van der Waals surface area contributed by atoms with Crippen LogP contribution in [0.2, 0.25) is 0 Å². The predicted molar refractivity (Wildman–Crippen MR) is 90.3 cm³/mol. The molecule has 4 rings (SSSR count). The number of aliphatic hydroxyl groups excluding tert-OH is 1. The summed E-state index contributed by atoms with van der Waals surface area (Å²) in [6.45, 7) is 0. The van der Waals surface area contributed by atoms with Crippen molar-refractivity contribution in [3.63, 3.8) is 0 Å². The monoisotopic (exact) mass is 331 g/mol. The third kappa shape index (κ3) is 2.69. The number of benzene rings is 2. The van der Waals surface area contributed by atoms with Crippen LogP contribution in [0.5, 0.6) is 0 Å². The van der Waals surface area contributed by atoms with Crippen LogP contribution in [0.15, 0.2) is 68.1 Å². The van der Waals surface area contributed by atoms with Crippen LogP contribution in [0.3, 0.4) is 0 Å². The van der Waals surface area contributed by atoms with E-state index >= 15 is 0 Å². The number of aliphatic hydroxyl groups is 1. The molecule has 0 unspecified atom stereocenters. The van der Waals surface area contributed by atoms with Gasteiger partial charge >= 0.3 is 0 Å². The van der Waals surface area contributed by atoms with Gasteiger partial charge in [0.2, 0.25) is 21.0 Å². The summed E-state index contributed by atoms with van der Waals surface area (Å²) < 4.78 is 6.46. The van der Waals surface area contributed by atoms with Crippen LogP contribution in [-0.2, 0) is 15.4 Å². The van der Waals surface area contributed by atoms with Crippen LogP contribution in [0, 0.1) is 0 Å². The van der Waals surface area contributed by atoms with E-state index < -0.39 is 11.2 Å². The lowest BCUT2D eigenvalue weighted by Crippen LogP contribution is -2.34. The summed E-state index contributed by atoms with van der Waals surface area (Å²) in [5.74, 6) is 0. The van der Waals surface area contributed by atoms with Gasteiger partial charge < -0.3 is 5.11 Å². The molecule has 0 radical (unpaired) electrons. The molecule has 4 heteroatoms. The summed E-state index contributed by atoms with van der Waals surface area (Å²) in [4.78, 5) is 5.05. The SMILES string of the molecule is O[C@@H]1CCCC[C@H]1O[S+]1c2ccccc2Sc2ccccc21. The summed E-state index contributed by atoms with van der Waals surface area (Å²) in [7, 11) is 0.